The Morgan fingerprint density at radius 2 is 2.14 bits per heavy atom. The van der Waals surface area contributed by atoms with Crippen molar-refractivity contribution in [2.45, 2.75) is 19.6 Å². The third-order valence-corrected chi connectivity index (χ3v) is 2.43. The Morgan fingerprint density at radius 1 is 1.50 bits per heavy atom. The molecule has 1 aromatic heterocycles. The first-order valence-electron chi connectivity index (χ1n) is 3.87. The molecule has 0 spiro atoms. The summed E-state index contributed by atoms with van der Waals surface area (Å²) in [5.74, 6) is 0. The second-order valence-corrected chi connectivity index (χ2v) is 3.47. The standard InChI is InChI=1S/C8H9BrF2N2O/c9-5-1-4(8(10)11)7(3-14)13-6(5)2-12/h1,8,14H,2-3,12H2. The summed E-state index contributed by atoms with van der Waals surface area (Å²) in [5.41, 5.74) is 5.50. The monoisotopic (exact) mass is 266 g/mol. The number of pyridine rings is 1. The minimum Gasteiger partial charge on any atom is -0.390 e. The molecule has 0 saturated carbocycles. The lowest BCUT2D eigenvalue weighted by Crippen LogP contribution is -2.07. The van der Waals surface area contributed by atoms with Gasteiger partial charge in [-0.3, -0.25) is 4.98 Å². The van der Waals surface area contributed by atoms with Crippen molar-refractivity contribution in [3.63, 3.8) is 0 Å². The summed E-state index contributed by atoms with van der Waals surface area (Å²) in [7, 11) is 0. The highest BCUT2D eigenvalue weighted by atomic mass is 79.9. The zero-order valence-corrected chi connectivity index (χ0v) is 8.76. The zero-order chi connectivity index (χ0) is 10.7. The molecule has 0 aliphatic carbocycles. The van der Waals surface area contributed by atoms with Crippen molar-refractivity contribution in [3.05, 3.63) is 27.5 Å². The SMILES string of the molecule is NCc1nc(CO)c(C(F)F)cc1Br. The summed E-state index contributed by atoms with van der Waals surface area (Å²) >= 11 is 3.08. The molecule has 0 saturated heterocycles. The van der Waals surface area contributed by atoms with Crippen LogP contribution in [0, 0.1) is 0 Å². The molecule has 0 aromatic carbocycles. The van der Waals surface area contributed by atoms with Crippen LogP contribution < -0.4 is 5.73 Å². The molecule has 78 valence electrons. The molecule has 0 fully saturated rings. The van der Waals surface area contributed by atoms with Gasteiger partial charge in [-0.25, -0.2) is 8.78 Å². The average Bonchev–Trinajstić information content (AvgIpc) is 2.17. The highest BCUT2D eigenvalue weighted by Gasteiger charge is 2.16. The van der Waals surface area contributed by atoms with Gasteiger partial charge in [-0.05, 0) is 22.0 Å². The van der Waals surface area contributed by atoms with Gasteiger partial charge in [-0.15, -0.1) is 0 Å². The van der Waals surface area contributed by atoms with E-state index < -0.39 is 13.0 Å². The van der Waals surface area contributed by atoms with E-state index in [1.54, 1.807) is 0 Å². The van der Waals surface area contributed by atoms with Gasteiger partial charge in [0.1, 0.15) is 0 Å². The average molecular weight is 267 g/mol. The lowest BCUT2D eigenvalue weighted by Gasteiger charge is -2.09. The first-order chi connectivity index (χ1) is 6.60. The second-order valence-electron chi connectivity index (χ2n) is 2.62. The summed E-state index contributed by atoms with van der Waals surface area (Å²) in [6, 6.07) is 1.24. The lowest BCUT2D eigenvalue weighted by molar-refractivity contribution is 0.146. The van der Waals surface area contributed by atoms with E-state index in [-0.39, 0.29) is 17.8 Å². The Kier molecular flexibility index (Phi) is 3.91. The molecule has 1 heterocycles. The molecule has 3 nitrogen and oxygen atoms in total. The number of aliphatic hydroxyl groups is 1. The van der Waals surface area contributed by atoms with Crippen molar-refractivity contribution < 1.29 is 13.9 Å². The van der Waals surface area contributed by atoms with Crippen molar-refractivity contribution >= 4 is 15.9 Å². The highest BCUT2D eigenvalue weighted by molar-refractivity contribution is 9.10. The number of aromatic nitrogens is 1. The lowest BCUT2D eigenvalue weighted by atomic mass is 10.2. The topological polar surface area (TPSA) is 59.1 Å². The van der Waals surface area contributed by atoms with Crippen LogP contribution in [0.15, 0.2) is 10.5 Å². The fourth-order valence-electron chi connectivity index (χ4n) is 1.04. The predicted octanol–water partition coefficient (Wildman–Crippen LogP) is 1.73. The van der Waals surface area contributed by atoms with Gasteiger partial charge in [0.05, 0.1) is 18.0 Å². The number of rotatable bonds is 3. The molecule has 3 N–H and O–H groups in total. The summed E-state index contributed by atoms with van der Waals surface area (Å²) < 4.78 is 25.3. The molecule has 6 heteroatoms. The van der Waals surface area contributed by atoms with Gasteiger partial charge in [0, 0.05) is 16.6 Å². The Morgan fingerprint density at radius 3 is 2.57 bits per heavy atom. The molecule has 0 radical (unpaired) electrons. The molecule has 0 amide bonds. The van der Waals surface area contributed by atoms with Gasteiger partial charge in [0.2, 0.25) is 0 Å². The van der Waals surface area contributed by atoms with E-state index in [1.165, 1.54) is 6.07 Å². The van der Waals surface area contributed by atoms with E-state index in [2.05, 4.69) is 20.9 Å². The van der Waals surface area contributed by atoms with Crippen LogP contribution in [0.4, 0.5) is 8.78 Å². The minimum atomic E-state index is -2.65. The van der Waals surface area contributed by atoms with Gasteiger partial charge in [0.15, 0.2) is 0 Å². The molecule has 0 aliphatic rings. The third-order valence-electron chi connectivity index (χ3n) is 1.74. The first-order valence-corrected chi connectivity index (χ1v) is 4.66. The van der Waals surface area contributed by atoms with E-state index >= 15 is 0 Å². The predicted molar refractivity (Wildman–Crippen MR) is 50.7 cm³/mol. The van der Waals surface area contributed by atoms with Gasteiger partial charge in [0.25, 0.3) is 6.43 Å². The molecule has 14 heavy (non-hydrogen) atoms. The smallest absolute Gasteiger partial charge is 0.265 e. The van der Waals surface area contributed by atoms with Crippen LogP contribution in [-0.2, 0) is 13.2 Å². The number of hydrogen-bond acceptors (Lipinski definition) is 3. The van der Waals surface area contributed by atoms with Crippen molar-refractivity contribution in [1.29, 1.82) is 0 Å². The maximum Gasteiger partial charge on any atom is 0.265 e. The normalized spacial score (nSPS) is 11.0. The fourth-order valence-corrected chi connectivity index (χ4v) is 1.54. The molecule has 0 bridgehead atoms. The fraction of sp³-hybridized carbons (Fsp3) is 0.375. The van der Waals surface area contributed by atoms with E-state index in [9.17, 15) is 8.78 Å². The van der Waals surface area contributed by atoms with E-state index in [0.29, 0.717) is 10.2 Å². The van der Waals surface area contributed by atoms with Crippen molar-refractivity contribution in [2.75, 3.05) is 0 Å². The number of nitrogens with zero attached hydrogens (tertiary/aromatic N) is 1. The minimum absolute atomic E-state index is 0.0244. The first kappa shape index (κ1) is 11.5. The number of halogens is 3. The zero-order valence-electron chi connectivity index (χ0n) is 7.17. The highest BCUT2D eigenvalue weighted by Crippen LogP contribution is 2.26. The van der Waals surface area contributed by atoms with Gasteiger partial charge in [-0.1, -0.05) is 0 Å². The van der Waals surface area contributed by atoms with E-state index in [0.717, 1.165) is 0 Å². The van der Waals surface area contributed by atoms with Gasteiger partial charge >= 0.3 is 0 Å². The van der Waals surface area contributed by atoms with Crippen LogP contribution >= 0.6 is 15.9 Å². The molecular weight excluding hydrogens is 258 g/mol. The Labute approximate surface area is 88.1 Å². The molecule has 0 unspecified atom stereocenters. The van der Waals surface area contributed by atoms with Gasteiger partial charge in [-0.2, -0.15) is 0 Å². The van der Waals surface area contributed by atoms with Gasteiger partial charge < -0.3 is 10.8 Å². The van der Waals surface area contributed by atoms with Crippen LogP contribution in [0.25, 0.3) is 0 Å². The Balaban J connectivity index is 3.24. The van der Waals surface area contributed by atoms with Crippen LogP contribution in [-0.4, -0.2) is 10.1 Å². The number of alkyl halides is 2. The van der Waals surface area contributed by atoms with E-state index in [1.807, 2.05) is 0 Å². The van der Waals surface area contributed by atoms with Crippen molar-refractivity contribution in [3.8, 4) is 0 Å². The molecule has 0 atom stereocenters. The van der Waals surface area contributed by atoms with Crippen molar-refractivity contribution in [2.24, 2.45) is 5.73 Å². The third kappa shape index (κ3) is 2.26. The van der Waals surface area contributed by atoms with Crippen LogP contribution in [0.1, 0.15) is 23.4 Å². The molecule has 1 aromatic rings. The van der Waals surface area contributed by atoms with E-state index in [4.69, 9.17) is 10.8 Å². The molecule has 0 aliphatic heterocycles. The number of aliphatic hydroxyl groups excluding tert-OH is 1. The Hall–Kier alpha value is -0.590. The summed E-state index contributed by atoms with van der Waals surface area (Å²) in [6.45, 7) is -0.378. The van der Waals surface area contributed by atoms with Crippen LogP contribution in [0.3, 0.4) is 0 Å². The van der Waals surface area contributed by atoms with Crippen LogP contribution in [0.5, 0.6) is 0 Å². The molecular formula is C8H9BrF2N2O. The summed E-state index contributed by atoms with van der Waals surface area (Å²) in [5, 5.41) is 8.83. The molecule has 1 rings (SSSR count). The summed E-state index contributed by atoms with van der Waals surface area (Å²) in [4.78, 5) is 3.83. The maximum atomic E-state index is 12.4. The Bertz CT molecular complexity index is 333. The van der Waals surface area contributed by atoms with Crippen LogP contribution in [0.2, 0.25) is 0 Å². The maximum absolute atomic E-state index is 12.4. The van der Waals surface area contributed by atoms with Crippen molar-refractivity contribution in [1.82, 2.24) is 4.98 Å². The quantitative estimate of drug-likeness (QED) is 0.876. The number of hydrogen-bond donors (Lipinski definition) is 2. The largest absolute Gasteiger partial charge is 0.390 e. The summed E-state index contributed by atoms with van der Waals surface area (Å²) in [6.07, 6.45) is -2.65. The second kappa shape index (κ2) is 4.77. The number of nitrogens with two attached hydrogens (primary N) is 1.